The van der Waals surface area contributed by atoms with Crippen LogP contribution in [0.2, 0.25) is 0 Å². The van der Waals surface area contributed by atoms with E-state index >= 15 is 0 Å². The van der Waals surface area contributed by atoms with E-state index in [-0.39, 0.29) is 30.6 Å². The maximum atomic E-state index is 12.7. The van der Waals surface area contributed by atoms with Crippen LogP contribution in [0.5, 0.6) is 5.75 Å². The van der Waals surface area contributed by atoms with Crippen LogP contribution < -0.4 is 10.1 Å². The smallest absolute Gasteiger partial charge is 0.422 e. The number of aliphatic hydroxyl groups is 1. The van der Waals surface area contributed by atoms with Gasteiger partial charge in [0.15, 0.2) is 6.61 Å². The average molecular weight is 424 g/mol. The van der Waals surface area contributed by atoms with Gasteiger partial charge in [0.25, 0.3) is 11.8 Å². The van der Waals surface area contributed by atoms with Crippen LogP contribution in [0.1, 0.15) is 34.1 Å². The number of hydrogen-bond donors (Lipinski definition) is 2. The minimum Gasteiger partial charge on any atom is -0.482 e. The molecule has 0 saturated heterocycles. The van der Waals surface area contributed by atoms with Gasteiger partial charge in [-0.15, -0.1) is 0 Å². The first-order valence-corrected chi connectivity index (χ1v) is 8.96. The van der Waals surface area contributed by atoms with Gasteiger partial charge in [-0.3, -0.25) is 14.6 Å². The summed E-state index contributed by atoms with van der Waals surface area (Å²) in [5.41, 5.74) is 1.81. The first-order chi connectivity index (χ1) is 14.0. The highest BCUT2D eigenvalue weighted by molar-refractivity contribution is 6.01. The number of carbonyl (C=O) groups is 2. The van der Waals surface area contributed by atoms with Crippen LogP contribution in [-0.4, -0.2) is 50.7 Å². The number of nitrogens with one attached hydrogen (secondary N) is 1. The first-order valence-electron chi connectivity index (χ1n) is 8.96. The van der Waals surface area contributed by atoms with Crippen molar-refractivity contribution in [3.8, 4) is 5.75 Å². The van der Waals surface area contributed by atoms with Gasteiger partial charge in [-0.05, 0) is 31.5 Å². The Kier molecular flexibility index (Phi) is 5.92. The molecule has 30 heavy (non-hydrogen) atoms. The number of alkyl halides is 3. The highest BCUT2D eigenvalue weighted by Crippen LogP contribution is 2.29. The number of carbonyl (C=O) groups excluding carboxylic acids is 2. The third-order valence-electron chi connectivity index (χ3n) is 4.41. The van der Waals surface area contributed by atoms with E-state index in [1.807, 2.05) is 0 Å². The molecule has 11 heteroatoms. The summed E-state index contributed by atoms with van der Waals surface area (Å²) in [5.74, 6) is -0.737. The lowest BCUT2D eigenvalue weighted by molar-refractivity contribution is -0.153. The molecule has 2 amide bonds. The zero-order chi connectivity index (χ0) is 22.1. The topological polar surface area (TPSA) is 105 Å². The fraction of sp³-hybridized carbons (Fsp3) is 0.368. The van der Waals surface area contributed by atoms with Crippen molar-refractivity contribution in [2.45, 2.75) is 39.2 Å². The Labute approximate surface area is 169 Å². The number of fused-ring (bicyclic) bond motifs is 1. The van der Waals surface area contributed by atoms with Gasteiger partial charge in [-0.1, -0.05) is 0 Å². The molecule has 0 saturated carbocycles. The predicted octanol–water partition coefficient (Wildman–Crippen LogP) is 2.20. The zero-order valence-corrected chi connectivity index (χ0v) is 16.2. The molecule has 0 aliphatic carbocycles. The Morgan fingerprint density at radius 2 is 2.13 bits per heavy atom. The molecule has 2 aromatic heterocycles. The molecule has 1 aliphatic heterocycles. The van der Waals surface area contributed by atoms with Crippen LogP contribution in [0.15, 0.2) is 24.5 Å². The van der Waals surface area contributed by atoms with Crippen molar-refractivity contribution in [2.75, 3.05) is 11.9 Å². The molecule has 0 radical (unpaired) electrons. The first kappa shape index (κ1) is 21.5. The summed E-state index contributed by atoms with van der Waals surface area (Å²) >= 11 is 0. The Balaban J connectivity index is 1.73. The molecule has 1 atom stereocenters. The van der Waals surface area contributed by atoms with Crippen LogP contribution in [0.25, 0.3) is 0 Å². The van der Waals surface area contributed by atoms with Crippen LogP contribution in [0.4, 0.5) is 19.0 Å². The van der Waals surface area contributed by atoms with Crippen LogP contribution >= 0.6 is 0 Å². The van der Waals surface area contributed by atoms with E-state index in [9.17, 15) is 27.9 Å². The van der Waals surface area contributed by atoms with Crippen molar-refractivity contribution in [1.29, 1.82) is 0 Å². The SMILES string of the molecule is Cc1cc(CN2Cc3c(ccnc3NC(=O)C(C)O)C2=O)ncc1OCC(F)(F)F. The van der Waals surface area contributed by atoms with Crippen molar-refractivity contribution in [3.05, 3.63) is 46.9 Å². The van der Waals surface area contributed by atoms with Crippen molar-refractivity contribution in [1.82, 2.24) is 14.9 Å². The van der Waals surface area contributed by atoms with Gasteiger partial charge in [0, 0.05) is 17.3 Å². The van der Waals surface area contributed by atoms with Gasteiger partial charge < -0.3 is 20.1 Å². The molecule has 8 nitrogen and oxygen atoms in total. The molecule has 160 valence electrons. The van der Waals surface area contributed by atoms with E-state index in [1.54, 1.807) is 13.0 Å². The fourth-order valence-corrected chi connectivity index (χ4v) is 2.94. The summed E-state index contributed by atoms with van der Waals surface area (Å²) in [5, 5.41) is 11.8. The fourth-order valence-electron chi connectivity index (χ4n) is 2.94. The lowest BCUT2D eigenvalue weighted by atomic mass is 10.1. The van der Waals surface area contributed by atoms with Crippen molar-refractivity contribution < 1.29 is 32.6 Å². The Morgan fingerprint density at radius 1 is 1.40 bits per heavy atom. The number of anilines is 1. The summed E-state index contributed by atoms with van der Waals surface area (Å²) in [6.07, 6.45) is -3.11. The molecule has 0 fully saturated rings. The standard InChI is InChI=1S/C19H19F3N4O4/c1-10-5-12(24-6-15(10)30-9-19(20,21)22)7-26-8-14-13(18(26)29)3-4-23-16(14)25-17(28)11(2)27/h3-6,11,27H,7-9H2,1-2H3,(H,23,25,28). The Morgan fingerprint density at radius 3 is 2.77 bits per heavy atom. The molecule has 0 bridgehead atoms. The molecule has 1 aliphatic rings. The molecular weight excluding hydrogens is 405 g/mol. The maximum absolute atomic E-state index is 12.7. The molecular formula is C19H19F3N4O4. The van der Waals surface area contributed by atoms with E-state index in [1.165, 1.54) is 30.3 Å². The number of aryl methyl sites for hydroxylation is 1. The Hall–Kier alpha value is -3.21. The normalized spacial score (nSPS) is 14.5. The number of hydrogen-bond acceptors (Lipinski definition) is 6. The lowest BCUT2D eigenvalue weighted by Gasteiger charge is -2.17. The minimum absolute atomic E-state index is 0.0134. The summed E-state index contributed by atoms with van der Waals surface area (Å²) < 4.78 is 41.7. The molecule has 1 unspecified atom stereocenters. The second kappa shape index (κ2) is 8.27. The molecule has 2 N–H and O–H groups in total. The number of ether oxygens (including phenoxy) is 1. The molecule has 2 aromatic rings. The molecule has 0 spiro atoms. The number of pyridine rings is 2. The van der Waals surface area contributed by atoms with E-state index in [0.717, 1.165) is 0 Å². The number of halogens is 3. The summed E-state index contributed by atoms with van der Waals surface area (Å²) in [6.45, 7) is 1.75. The van der Waals surface area contributed by atoms with E-state index < -0.39 is 24.8 Å². The van der Waals surface area contributed by atoms with Crippen LogP contribution in [0.3, 0.4) is 0 Å². The summed E-state index contributed by atoms with van der Waals surface area (Å²) in [7, 11) is 0. The molecule has 0 aromatic carbocycles. The number of aromatic nitrogens is 2. The quantitative estimate of drug-likeness (QED) is 0.737. The number of amides is 2. The highest BCUT2D eigenvalue weighted by Gasteiger charge is 2.31. The third-order valence-corrected chi connectivity index (χ3v) is 4.41. The van der Waals surface area contributed by atoms with Crippen LogP contribution in [-0.2, 0) is 17.9 Å². The largest absolute Gasteiger partial charge is 0.482 e. The van der Waals surface area contributed by atoms with Gasteiger partial charge >= 0.3 is 6.18 Å². The van der Waals surface area contributed by atoms with Gasteiger partial charge in [-0.25, -0.2) is 4.98 Å². The van der Waals surface area contributed by atoms with Gasteiger partial charge in [-0.2, -0.15) is 13.2 Å². The van der Waals surface area contributed by atoms with E-state index in [2.05, 4.69) is 15.3 Å². The summed E-state index contributed by atoms with van der Waals surface area (Å²) in [6, 6.07) is 3.08. The minimum atomic E-state index is -4.45. The number of rotatable bonds is 6. The van der Waals surface area contributed by atoms with E-state index in [0.29, 0.717) is 22.4 Å². The van der Waals surface area contributed by atoms with Crippen molar-refractivity contribution in [2.24, 2.45) is 0 Å². The van der Waals surface area contributed by atoms with Crippen LogP contribution in [0, 0.1) is 6.92 Å². The number of nitrogens with zero attached hydrogens (tertiary/aromatic N) is 3. The summed E-state index contributed by atoms with van der Waals surface area (Å²) in [4.78, 5) is 34.1. The Bertz CT molecular complexity index is 979. The van der Waals surface area contributed by atoms with Gasteiger partial charge in [0.05, 0.1) is 25.0 Å². The monoisotopic (exact) mass is 424 g/mol. The van der Waals surface area contributed by atoms with Crippen molar-refractivity contribution >= 4 is 17.6 Å². The lowest BCUT2D eigenvalue weighted by Crippen LogP contribution is -2.26. The molecule has 3 heterocycles. The molecule has 3 rings (SSSR count). The van der Waals surface area contributed by atoms with E-state index in [4.69, 9.17) is 4.74 Å². The highest BCUT2D eigenvalue weighted by atomic mass is 19.4. The predicted molar refractivity (Wildman–Crippen MR) is 98.6 cm³/mol. The zero-order valence-electron chi connectivity index (χ0n) is 16.2. The maximum Gasteiger partial charge on any atom is 0.422 e. The second-order valence-electron chi connectivity index (χ2n) is 6.86. The van der Waals surface area contributed by atoms with Crippen molar-refractivity contribution in [3.63, 3.8) is 0 Å². The number of aliphatic hydroxyl groups excluding tert-OH is 1. The second-order valence-corrected chi connectivity index (χ2v) is 6.86. The van der Waals surface area contributed by atoms with Gasteiger partial charge in [0.2, 0.25) is 0 Å². The third kappa shape index (κ3) is 4.85. The average Bonchev–Trinajstić information content (AvgIpc) is 2.97. The van der Waals surface area contributed by atoms with Gasteiger partial charge in [0.1, 0.15) is 17.7 Å².